The van der Waals surface area contributed by atoms with Gasteiger partial charge in [0.2, 0.25) is 0 Å². The van der Waals surface area contributed by atoms with E-state index in [0.717, 1.165) is 27.8 Å². The number of nitrogens with one attached hydrogen (secondary N) is 1. The Labute approximate surface area is 122 Å². The summed E-state index contributed by atoms with van der Waals surface area (Å²) in [4.78, 5) is 9.28. The van der Waals surface area contributed by atoms with E-state index in [1.807, 2.05) is 31.4 Å². The van der Waals surface area contributed by atoms with Gasteiger partial charge in [0.1, 0.15) is 15.8 Å². The summed E-state index contributed by atoms with van der Waals surface area (Å²) in [5.74, 6) is 0.767. The number of nitrogens with zero attached hydrogens (tertiary/aromatic N) is 2. The fraction of sp³-hybridized carbons (Fsp3) is 0.308. The molecule has 2 aromatic rings. The molecule has 6 heteroatoms. The van der Waals surface area contributed by atoms with E-state index in [0.29, 0.717) is 4.99 Å². The minimum atomic E-state index is 0.104. The molecule has 0 fully saturated rings. The normalized spacial score (nSPS) is 12.2. The zero-order valence-corrected chi connectivity index (χ0v) is 12.7. The third-order valence-electron chi connectivity index (χ3n) is 2.61. The predicted molar refractivity (Wildman–Crippen MR) is 83.8 cm³/mol. The van der Waals surface area contributed by atoms with E-state index in [-0.39, 0.29) is 6.04 Å². The molecule has 3 N–H and O–H groups in total. The van der Waals surface area contributed by atoms with Gasteiger partial charge in [-0.05, 0) is 32.9 Å². The molecule has 0 saturated carbocycles. The van der Waals surface area contributed by atoms with Crippen molar-refractivity contribution in [3.05, 3.63) is 39.5 Å². The van der Waals surface area contributed by atoms with E-state index in [9.17, 15) is 0 Å². The van der Waals surface area contributed by atoms with E-state index < -0.39 is 0 Å². The smallest absolute Gasteiger partial charge is 0.127 e. The van der Waals surface area contributed by atoms with Crippen LogP contribution in [0.25, 0.3) is 0 Å². The van der Waals surface area contributed by atoms with Gasteiger partial charge in [-0.15, -0.1) is 11.3 Å². The lowest BCUT2D eigenvalue weighted by Gasteiger charge is -2.13. The van der Waals surface area contributed by atoms with Crippen LogP contribution in [0.4, 0.5) is 5.82 Å². The van der Waals surface area contributed by atoms with E-state index in [1.54, 1.807) is 11.3 Å². The van der Waals surface area contributed by atoms with E-state index in [2.05, 4.69) is 22.2 Å². The topological polar surface area (TPSA) is 63.8 Å². The maximum absolute atomic E-state index is 5.66. The van der Waals surface area contributed by atoms with Gasteiger partial charge >= 0.3 is 0 Å². The molecule has 1 atom stereocenters. The number of anilines is 1. The lowest BCUT2D eigenvalue weighted by Crippen LogP contribution is -2.13. The second-order valence-electron chi connectivity index (χ2n) is 4.44. The number of nitrogens with two attached hydrogens (primary N) is 1. The van der Waals surface area contributed by atoms with Crippen LogP contribution in [0.15, 0.2) is 17.5 Å². The van der Waals surface area contributed by atoms with Gasteiger partial charge in [0.05, 0.1) is 6.04 Å². The quantitative estimate of drug-likeness (QED) is 0.848. The molecule has 0 aliphatic rings. The molecule has 1 unspecified atom stereocenters. The molecule has 2 aromatic heterocycles. The number of thiazole rings is 1. The average Bonchev–Trinajstić information content (AvgIpc) is 2.75. The number of rotatable bonds is 4. The van der Waals surface area contributed by atoms with Crippen LogP contribution in [-0.4, -0.2) is 15.0 Å². The second kappa shape index (κ2) is 5.63. The maximum atomic E-state index is 5.66. The highest BCUT2D eigenvalue weighted by atomic mass is 32.1. The van der Waals surface area contributed by atoms with Gasteiger partial charge in [-0.25, -0.2) is 9.97 Å². The van der Waals surface area contributed by atoms with Crippen LogP contribution in [0.1, 0.15) is 34.9 Å². The first-order valence-corrected chi connectivity index (χ1v) is 7.21. The molecule has 0 spiro atoms. The molecule has 100 valence electrons. The number of pyridine rings is 1. The molecule has 0 bridgehead atoms. The Morgan fingerprint density at radius 1 is 1.32 bits per heavy atom. The highest BCUT2D eigenvalue weighted by molar-refractivity contribution is 7.80. The number of aromatic nitrogens is 2. The number of hydrogen-bond acceptors (Lipinski definition) is 5. The predicted octanol–water partition coefficient (Wildman–Crippen LogP) is 2.96. The Hall–Kier alpha value is -1.53. The van der Waals surface area contributed by atoms with Crippen molar-refractivity contribution in [2.75, 3.05) is 5.32 Å². The number of hydrogen-bond donors (Lipinski definition) is 2. The van der Waals surface area contributed by atoms with Crippen LogP contribution in [0, 0.1) is 13.8 Å². The first-order valence-electron chi connectivity index (χ1n) is 5.93. The molecule has 0 amide bonds. The van der Waals surface area contributed by atoms with Crippen molar-refractivity contribution in [3.63, 3.8) is 0 Å². The number of thiocarbonyl (C=S) groups is 1. The van der Waals surface area contributed by atoms with Gasteiger partial charge in [0.15, 0.2) is 0 Å². The fourth-order valence-corrected chi connectivity index (χ4v) is 2.66. The SMILES string of the molecule is Cc1cc(C(N)=S)cc(NC(C)c2nc(C)cs2)n1. The number of aryl methyl sites for hydroxylation is 2. The first-order chi connectivity index (χ1) is 8.95. The lowest BCUT2D eigenvalue weighted by molar-refractivity contribution is 0.853. The van der Waals surface area contributed by atoms with Crippen molar-refractivity contribution < 1.29 is 0 Å². The van der Waals surface area contributed by atoms with Crippen molar-refractivity contribution in [2.45, 2.75) is 26.8 Å². The summed E-state index contributed by atoms with van der Waals surface area (Å²) in [6.07, 6.45) is 0. The van der Waals surface area contributed by atoms with Gasteiger partial charge in [-0.1, -0.05) is 12.2 Å². The lowest BCUT2D eigenvalue weighted by atomic mass is 10.2. The summed E-state index contributed by atoms with van der Waals surface area (Å²) < 4.78 is 0. The van der Waals surface area contributed by atoms with Crippen molar-refractivity contribution in [1.82, 2.24) is 9.97 Å². The monoisotopic (exact) mass is 292 g/mol. The Balaban J connectivity index is 2.21. The van der Waals surface area contributed by atoms with Crippen LogP contribution in [0.5, 0.6) is 0 Å². The van der Waals surface area contributed by atoms with Crippen molar-refractivity contribution in [1.29, 1.82) is 0 Å². The minimum Gasteiger partial charge on any atom is -0.389 e. The molecule has 0 aliphatic carbocycles. The molecule has 19 heavy (non-hydrogen) atoms. The summed E-state index contributed by atoms with van der Waals surface area (Å²) in [5, 5.41) is 6.41. The van der Waals surface area contributed by atoms with Crippen LogP contribution in [-0.2, 0) is 0 Å². The highest BCUT2D eigenvalue weighted by Gasteiger charge is 2.11. The molecule has 0 aliphatic heterocycles. The summed E-state index contributed by atoms with van der Waals surface area (Å²) in [6.45, 7) is 5.97. The highest BCUT2D eigenvalue weighted by Crippen LogP contribution is 2.22. The fourth-order valence-electron chi connectivity index (χ4n) is 1.74. The van der Waals surface area contributed by atoms with E-state index >= 15 is 0 Å². The van der Waals surface area contributed by atoms with Crippen molar-refractivity contribution >= 4 is 34.4 Å². The van der Waals surface area contributed by atoms with Crippen LogP contribution in [0.3, 0.4) is 0 Å². The minimum absolute atomic E-state index is 0.104. The van der Waals surface area contributed by atoms with Crippen LogP contribution < -0.4 is 11.1 Å². The summed E-state index contributed by atoms with van der Waals surface area (Å²) >= 11 is 6.64. The molecule has 4 nitrogen and oxygen atoms in total. The molecular weight excluding hydrogens is 276 g/mol. The Morgan fingerprint density at radius 3 is 2.63 bits per heavy atom. The van der Waals surface area contributed by atoms with Crippen LogP contribution >= 0.6 is 23.6 Å². The largest absolute Gasteiger partial charge is 0.389 e. The molecular formula is C13H16N4S2. The van der Waals surface area contributed by atoms with E-state index in [4.69, 9.17) is 18.0 Å². The van der Waals surface area contributed by atoms with Gasteiger partial charge in [0.25, 0.3) is 0 Å². The first kappa shape index (κ1) is 13.9. The van der Waals surface area contributed by atoms with E-state index in [1.165, 1.54) is 0 Å². The molecule has 0 aromatic carbocycles. The van der Waals surface area contributed by atoms with Gasteiger partial charge in [0, 0.05) is 22.3 Å². The molecule has 0 radical (unpaired) electrons. The zero-order valence-electron chi connectivity index (χ0n) is 11.1. The summed E-state index contributed by atoms with van der Waals surface area (Å²) in [7, 11) is 0. The molecule has 2 rings (SSSR count). The van der Waals surface area contributed by atoms with Gasteiger partial charge in [-0.2, -0.15) is 0 Å². The third kappa shape index (κ3) is 3.48. The average molecular weight is 292 g/mol. The maximum Gasteiger partial charge on any atom is 0.127 e. The Bertz CT molecular complexity index is 606. The molecule has 0 saturated heterocycles. The summed E-state index contributed by atoms with van der Waals surface area (Å²) in [5.41, 5.74) is 8.41. The Kier molecular flexibility index (Phi) is 4.11. The zero-order chi connectivity index (χ0) is 14.0. The third-order valence-corrected chi connectivity index (χ3v) is 3.99. The van der Waals surface area contributed by atoms with Crippen molar-refractivity contribution in [2.24, 2.45) is 5.73 Å². The summed E-state index contributed by atoms with van der Waals surface area (Å²) in [6, 6.07) is 3.85. The standard InChI is InChI=1S/C13H16N4S2/c1-7-4-10(12(14)18)5-11(15-7)17-9(3)13-16-8(2)6-19-13/h4-6,9H,1-3H3,(H2,14,18)(H,15,17). The Morgan fingerprint density at radius 2 is 2.05 bits per heavy atom. The van der Waals surface area contributed by atoms with Gasteiger partial charge < -0.3 is 11.1 Å². The van der Waals surface area contributed by atoms with Crippen molar-refractivity contribution in [3.8, 4) is 0 Å². The second-order valence-corrected chi connectivity index (χ2v) is 5.77. The van der Waals surface area contributed by atoms with Crippen LogP contribution in [0.2, 0.25) is 0 Å². The van der Waals surface area contributed by atoms with Gasteiger partial charge in [-0.3, -0.25) is 0 Å². The molecule has 2 heterocycles.